The van der Waals surface area contributed by atoms with Crippen LogP contribution in [0.15, 0.2) is 46.8 Å². The Hall–Kier alpha value is -3.00. The summed E-state index contributed by atoms with van der Waals surface area (Å²) in [5.74, 6) is -1.21. The minimum atomic E-state index is -0.644. The van der Waals surface area contributed by atoms with Crippen LogP contribution in [-0.4, -0.2) is 36.0 Å². The second-order valence-electron chi connectivity index (χ2n) is 9.33. The van der Waals surface area contributed by atoms with E-state index in [0.717, 1.165) is 5.70 Å². The van der Waals surface area contributed by atoms with E-state index in [1.54, 1.807) is 19.1 Å². The van der Waals surface area contributed by atoms with E-state index in [4.69, 9.17) is 9.47 Å². The van der Waals surface area contributed by atoms with Crippen LogP contribution >= 0.6 is 0 Å². The van der Waals surface area contributed by atoms with E-state index in [-0.39, 0.29) is 36.2 Å². The molecule has 1 atom stereocenters. The lowest BCUT2D eigenvalue weighted by Crippen LogP contribution is -2.38. The van der Waals surface area contributed by atoms with Gasteiger partial charge in [0.15, 0.2) is 5.78 Å². The van der Waals surface area contributed by atoms with Crippen LogP contribution in [0.5, 0.6) is 0 Å². The lowest BCUT2D eigenvalue weighted by atomic mass is 9.68. The Balaban J connectivity index is 2.00. The number of rotatable bonds is 7. The van der Waals surface area contributed by atoms with Gasteiger partial charge in [0, 0.05) is 41.4 Å². The zero-order valence-corrected chi connectivity index (χ0v) is 19.2. The number of nitrogens with zero attached hydrogens (tertiary/aromatic N) is 1. The van der Waals surface area contributed by atoms with Gasteiger partial charge in [-0.1, -0.05) is 26.0 Å². The summed E-state index contributed by atoms with van der Waals surface area (Å²) in [6.07, 6.45) is 1.05. The number of non-ortho nitro benzene ring substituents is 1. The molecule has 0 saturated carbocycles. The standard InChI is InChI=1S/C24H30N2O6/c1-14(2)31-10-11-32-23(28)20-15(3)25-18-12-24(4,5)13-19(27)22(18)21(20)16-6-8-17(9-7-16)26(29)30/h6-9,14,21,25H,10-13H2,1-5H3/t21-/m0/s1. The van der Waals surface area contributed by atoms with E-state index in [2.05, 4.69) is 5.32 Å². The number of dihydropyridines is 1. The number of ether oxygens (including phenoxy) is 2. The van der Waals surface area contributed by atoms with Gasteiger partial charge in [0.05, 0.1) is 23.2 Å². The van der Waals surface area contributed by atoms with Gasteiger partial charge in [-0.25, -0.2) is 4.79 Å². The molecule has 32 heavy (non-hydrogen) atoms. The molecule has 172 valence electrons. The largest absolute Gasteiger partial charge is 0.460 e. The van der Waals surface area contributed by atoms with Crippen LogP contribution < -0.4 is 5.32 Å². The van der Waals surface area contributed by atoms with Crippen LogP contribution in [0.25, 0.3) is 0 Å². The molecule has 1 aromatic carbocycles. The number of esters is 1. The minimum absolute atomic E-state index is 0.0230. The summed E-state index contributed by atoms with van der Waals surface area (Å²) in [6.45, 7) is 10.0. The Labute approximate surface area is 187 Å². The highest BCUT2D eigenvalue weighted by molar-refractivity contribution is 6.04. The predicted octanol–water partition coefficient (Wildman–Crippen LogP) is 4.17. The van der Waals surface area contributed by atoms with Crippen molar-refractivity contribution >= 4 is 17.4 Å². The lowest BCUT2D eigenvalue weighted by molar-refractivity contribution is -0.384. The predicted molar refractivity (Wildman–Crippen MR) is 119 cm³/mol. The Bertz CT molecular complexity index is 988. The third-order valence-corrected chi connectivity index (χ3v) is 5.66. The van der Waals surface area contributed by atoms with Crippen molar-refractivity contribution in [1.29, 1.82) is 0 Å². The number of carbonyl (C=O) groups excluding carboxylic acids is 2. The first-order valence-corrected chi connectivity index (χ1v) is 10.8. The fourth-order valence-electron chi connectivity index (χ4n) is 4.32. The molecule has 0 amide bonds. The van der Waals surface area contributed by atoms with Crippen LogP contribution in [-0.2, 0) is 19.1 Å². The van der Waals surface area contributed by atoms with E-state index < -0.39 is 16.8 Å². The lowest BCUT2D eigenvalue weighted by Gasteiger charge is -2.39. The number of Topliss-reactive ketones (excluding diaryl/α,β-unsaturated/α-hetero) is 1. The molecule has 1 heterocycles. The molecule has 0 saturated heterocycles. The van der Waals surface area contributed by atoms with Crippen molar-refractivity contribution in [2.45, 2.75) is 59.5 Å². The van der Waals surface area contributed by atoms with Crippen molar-refractivity contribution in [3.63, 3.8) is 0 Å². The fourth-order valence-corrected chi connectivity index (χ4v) is 4.32. The van der Waals surface area contributed by atoms with Crippen LogP contribution in [0.4, 0.5) is 5.69 Å². The Morgan fingerprint density at radius 3 is 2.47 bits per heavy atom. The molecule has 1 N–H and O–H groups in total. The molecule has 0 spiro atoms. The molecule has 0 bridgehead atoms. The molecule has 8 nitrogen and oxygen atoms in total. The van der Waals surface area contributed by atoms with Gasteiger partial charge in [-0.3, -0.25) is 14.9 Å². The number of nitro benzene ring substituents is 1. The molecule has 8 heteroatoms. The molecule has 1 aliphatic heterocycles. The van der Waals surface area contributed by atoms with Gasteiger partial charge in [0.2, 0.25) is 0 Å². The zero-order chi connectivity index (χ0) is 23.6. The number of nitro groups is 1. The molecular weight excluding hydrogens is 412 g/mol. The maximum Gasteiger partial charge on any atom is 0.336 e. The quantitative estimate of drug-likeness (QED) is 0.292. The fraction of sp³-hybridized carbons (Fsp3) is 0.500. The number of nitrogens with one attached hydrogen (secondary N) is 1. The number of hydrogen-bond donors (Lipinski definition) is 1. The van der Waals surface area contributed by atoms with Crippen molar-refractivity contribution in [2.24, 2.45) is 5.41 Å². The molecule has 3 rings (SSSR count). The molecule has 0 aromatic heterocycles. The number of hydrogen-bond acceptors (Lipinski definition) is 7. The summed E-state index contributed by atoms with van der Waals surface area (Å²) >= 11 is 0. The summed E-state index contributed by atoms with van der Waals surface area (Å²) in [5.41, 5.74) is 2.68. The topological polar surface area (TPSA) is 108 Å². The summed E-state index contributed by atoms with van der Waals surface area (Å²) in [4.78, 5) is 36.9. The number of benzene rings is 1. The van der Waals surface area contributed by atoms with E-state index in [0.29, 0.717) is 35.2 Å². The van der Waals surface area contributed by atoms with Gasteiger partial charge in [-0.05, 0) is 38.2 Å². The normalized spacial score (nSPS) is 20.2. The second kappa shape index (κ2) is 9.24. The molecule has 1 aliphatic carbocycles. The Morgan fingerprint density at radius 1 is 1.22 bits per heavy atom. The van der Waals surface area contributed by atoms with Crippen molar-refractivity contribution < 1.29 is 24.0 Å². The number of allylic oxidation sites excluding steroid dienone is 3. The third-order valence-electron chi connectivity index (χ3n) is 5.66. The molecule has 0 radical (unpaired) electrons. The van der Waals surface area contributed by atoms with Crippen LogP contribution in [0, 0.1) is 15.5 Å². The van der Waals surface area contributed by atoms with Crippen LogP contribution in [0.1, 0.15) is 58.9 Å². The summed E-state index contributed by atoms with van der Waals surface area (Å²) in [6, 6.07) is 6.00. The first kappa shape index (κ1) is 23.7. The number of ketones is 1. The molecule has 0 fully saturated rings. The van der Waals surface area contributed by atoms with Gasteiger partial charge >= 0.3 is 5.97 Å². The van der Waals surface area contributed by atoms with E-state index in [9.17, 15) is 19.7 Å². The van der Waals surface area contributed by atoms with Crippen molar-refractivity contribution in [2.75, 3.05) is 13.2 Å². The highest BCUT2D eigenvalue weighted by Crippen LogP contribution is 2.46. The van der Waals surface area contributed by atoms with Gasteiger partial charge in [0.25, 0.3) is 5.69 Å². The molecular formula is C24H30N2O6. The second-order valence-corrected chi connectivity index (χ2v) is 9.33. The van der Waals surface area contributed by atoms with E-state index in [1.807, 2.05) is 27.7 Å². The van der Waals surface area contributed by atoms with Crippen LogP contribution in [0.2, 0.25) is 0 Å². The highest BCUT2D eigenvalue weighted by atomic mass is 16.6. The van der Waals surface area contributed by atoms with Gasteiger partial charge in [0.1, 0.15) is 6.61 Å². The minimum Gasteiger partial charge on any atom is -0.460 e. The van der Waals surface area contributed by atoms with Crippen molar-refractivity contribution in [3.8, 4) is 0 Å². The van der Waals surface area contributed by atoms with Crippen LogP contribution in [0.3, 0.4) is 0 Å². The average molecular weight is 443 g/mol. The van der Waals surface area contributed by atoms with Gasteiger partial charge < -0.3 is 14.8 Å². The summed E-state index contributed by atoms with van der Waals surface area (Å²) in [5, 5.41) is 14.4. The Morgan fingerprint density at radius 2 is 1.88 bits per heavy atom. The maximum atomic E-state index is 13.2. The van der Waals surface area contributed by atoms with E-state index in [1.165, 1.54) is 12.1 Å². The molecule has 2 aliphatic rings. The average Bonchev–Trinajstić information content (AvgIpc) is 2.69. The van der Waals surface area contributed by atoms with E-state index >= 15 is 0 Å². The number of carbonyl (C=O) groups is 2. The summed E-state index contributed by atoms with van der Waals surface area (Å²) in [7, 11) is 0. The van der Waals surface area contributed by atoms with Crippen molar-refractivity contribution in [3.05, 3.63) is 62.5 Å². The third kappa shape index (κ3) is 5.07. The first-order valence-electron chi connectivity index (χ1n) is 10.8. The molecule has 1 aromatic rings. The zero-order valence-electron chi connectivity index (χ0n) is 19.2. The SMILES string of the molecule is CC1=C(C(=O)OCCOC(C)C)[C@H](c2ccc([N+](=O)[O-])cc2)C2=C(CC(C)(C)CC2=O)N1. The van der Waals surface area contributed by atoms with Crippen molar-refractivity contribution in [1.82, 2.24) is 5.32 Å². The Kier molecular flexibility index (Phi) is 6.83. The molecule has 0 unspecified atom stereocenters. The highest BCUT2D eigenvalue weighted by Gasteiger charge is 2.43. The smallest absolute Gasteiger partial charge is 0.336 e. The van der Waals surface area contributed by atoms with Gasteiger partial charge in [-0.2, -0.15) is 0 Å². The first-order chi connectivity index (χ1) is 15.0. The van der Waals surface area contributed by atoms with Gasteiger partial charge in [-0.15, -0.1) is 0 Å². The maximum absolute atomic E-state index is 13.2. The monoisotopic (exact) mass is 442 g/mol. The summed E-state index contributed by atoms with van der Waals surface area (Å²) < 4.78 is 10.9.